The van der Waals surface area contributed by atoms with Crippen molar-refractivity contribution < 1.29 is 18.3 Å². The summed E-state index contributed by atoms with van der Waals surface area (Å²) in [4.78, 5) is 0. The first-order valence-corrected chi connectivity index (χ1v) is 5.07. The van der Waals surface area contributed by atoms with E-state index in [9.17, 15) is 8.78 Å². The molecule has 0 amide bonds. The van der Waals surface area contributed by atoms with E-state index in [2.05, 4.69) is 4.74 Å². The molecule has 0 unspecified atom stereocenters. The summed E-state index contributed by atoms with van der Waals surface area (Å²) in [6.45, 7) is -0.728. The summed E-state index contributed by atoms with van der Waals surface area (Å²) in [6.07, 6.45) is 1.69. The fourth-order valence-corrected chi connectivity index (χ4v) is 1.35. The SMILES string of the molecule is COc1cccc(C=C(C)CN)c1OC(F)F. The number of alkyl halides is 2. The van der Waals surface area contributed by atoms with Gasteiger partial charge in [-0.25, -0.2) is 0 Å². The Balaban J connectivity index is 3.19. The van der Waals surface area contributed by atoms with Gasteiger partial charge < -0.3 is 15.2 Å². The average Bonchev–Trinajstić information content (AvgIpc) is 2.30. The summed E-state index contributed by atoms with van der Waals surface area (Å²) in [5.41, 5.74) is 6.83. The normalized spacial score (nSPS) is 11.8. The highest BCUT2D eigenvalue weighted by Gasteiger charge is 2.13. The zero-order chi connectivity index (χ0) is 12.8. The van der Waals surface area contributed by atoms with Crippen LogP contribution in [0.4, 0.5) is 8.78 Å². The van der Waals surface area contributed by atoms with E-state index in [0.717, 1.165) is 5.57 Å². The Morgan fingerprint density at radius 2 is 2.18 bits per heavy atom. The number of halogens is 2. The average molecular weight is 243 g/mol. The van der Waals surface area contributed by atoms with E-state index in [1.807, 2.05) is 6.92 Å². The number of hydrogen-bond acceptors (Lipinski definition) is 3. The van der Waals surface area contributed by atoms with Gasteiger partial charge in [-0.05, 0) is 13.0 Å². The van der Waals surface area contributed by atoms with Crippen LogP contribution in [-0.4, -0.2) is 20.3 Å². The van der Waals surface area contributed by atoms with E-state index in [1.54, 1.807) is 24.3 Å². The molecule has 0 aliphatic heterocycles. The Bertz CT molecular complexity index is 405. The Kier molecular flexibility index (Phi) is 4.90. The van der Waals surface area contributed by atoms with Crippen LogP contribution >= 0.6 is 0 Å². The maximum atomic E-state index is 12.3. The molecule has 0 saturated carbocycles. The largest absolute Gasteiger partial charge is 0.493 e. The molecule has 0 aromatic heterocycles. The molecule has 0 aliphatic rings. The number of methoxy groups -OCH3 is 1. The lowest BCUT2D eigenvalue weighted by atomic mass is 10.1. The molecule has 0 aliphatic carbocycles. The highest BCUT2D eigenvalue weighted by Crippen LogP contribution is 2.33. The lowest BCUT2D eigenvalue weighted by molar-refractivity contribution is -0.0513. The number of para-hydroxylation sites is 1. The second kappa shape index (κ2) is 6.20. The summed E-state index contributed by atoms with van der Waals surface area (Å²) >= 11 is 0. The minimum absolute atomic E-state index is 0.0257. The van der Waals surface area contributed by atoms with Gasteiger partial charge in [-0.3, -0.25) is 0 Å². The fraction of sp³-hybridized carbons (Fsp3) is 0.333. The third-order valence-electron chi connectivity index (χ3n) is 2.16. The molecule has 1 rings (SSSR count). The number of nitrogens with two attached hydrogens (primary N) is 1. The molecule has 0 fully saturated rings. The summed E-state index contributed by atoms with van der Waals surface area (Å²) in [7, 11) is 1.40. The van der Waals surface area contributed by atoms with Gasteiger partial charge in [0.25, 0.3) is 0 Å². The smallest absolute Gasteiger partial charge is 0.387 e. The van der Waals surface area contributed by atoms with Gasteiger partial charge in [0.1, 0.15) is 0 Å². The Hall–Kier alpha value is -1.62. The van der Waals surface area contributed by atoms with Gasteiger partial charge in [0.15, 0.2) is 11.5 Å². The number of benzene rings is 1. The monoisotopic (exact) mass is 243 g/mol. The van der Waals surface area contributed by atoms with Crippen molar-refractivity contribution in [3.8, 4) is 11.5 Å². The van der Waals surface area contributed by atoms with Gasteiger partial charge in [0, 0.05) is 12.1 Å². The zero-order valence-electron chi connectivity index (χ0n) is 9.74. The molecule has 94 valence electrons. The quantitative estimate of drug-likeness (QED) is 0.864. The van der Waals surface area contributed by atoms with Crippen LogP contribution in [0.15, 0.2) is 23.8 Å². The Labute approximate surface area is 98.8 Å². The van der Waals surface area contributed by atoms with Crippen LogP contribution < -0.4 is 15.2 Å². The van der Waals surface area contributed by atoms with Gasteiger partial charge in [-0.2, -0.15) is 8.78 Å². The van der Waals surface area contributed by atoms with Crippen LogP contribution in [0.25, 0.3) is 6.08 Å². The van der Waals surface area contributed by atoms with Gasteiger partial charge in [0.2, 0.25) is 0 Å². The molecule has 5 heteroatoms. The van der Waals surface area contributed by atoms with Crippen LogP contribution in [0.1, 0.15) is 12.5 Å². The first-order chi connectivity index (χ1) is 8.08. The summed E-state index contributed by atoms with van der Waals surface area (Å²) in [5, 5.41) is 0. The standard InChI is InChI=1S/C12H15F2NO2/c1-8(7-15)6-9-4-3-5-10(16-2)11(9)17-12(13)14/h3-6,12H,7,15H2,1-2H3. The minimum Gasteiger partial charge on any atom is -0.493 e. The predicted molar refractivity (Wildman–Crippen MR) is 62.3 cm³/mol. The zero-order valence-corrected chi connectivity index (χ0v) is 9.74. The van der Waals surface area contributed by atoms with Crippen molar-refractivity contribution in [1.82, 2.24) is 0 Å². The molecule has 1 aromatic carbocycles. The van der Waals surface area contributed by atoms with Crippen LogP contribution in [0.2, 0.25) is 0 Å². The first-order valence-electron chi connectivity index (χ1n) is 5.07. The topological polar surface area (TPSA) is 44.5 Å². The molecule has 1 aromatic rings. The van der Waals surface area contributed by atoms with E-state index in [1.165, 1.54) is 7.11 Å². The van der Waals surface area contributed by atoms with Crippen molar-refractivity contribution in [3.05, 3.63) is 29.3 Å². The van der Waals surface area contributed by atoms with Crippen molar-refractivity contribution in [3.63, 3.8) is 0 Å². The molecule has 2 N–H and O–H groups in total. The van der Waals surface area contributed by atoms with Crippen molar-refractivity contribution in [2.45, 2.75) is 13.5 Å². The number of hydrogen-bond donors (Lipinski definition) is 1. The Morgan fingerprint density at radius 1 is 1.47 bits per heavy atom. The number of rotatable bonds is 5. The second-order valence-electron chi connectivity index (χ2n) is 3.45. The molecular formula is C12H15F2NO2. The summed E-state index contributed by atoms with van der Waals surface area (Å²) in [5.74, 6) is 0.293. The summed E-state index contributed by atoms with van der Waals surface area (Å²) in [6, 6.07) is 4.93. The molecule has 17 heavy (non-hydrogen) atoms. The first kappa shape index (κ1) is 13.4. The van der Waals surface area contributed by atoms with Crippen molar-refractivity contribution in [2.75, 3.05) is 13.7 Å². The van der Waals surface area contributed by atoms with E-state index in [0.29, 0.717) is 12.1 Å². The molecule has 0 atom stereocenters. The third kappa shape index (κ3) is 3.71. The molecule has 0 saturated heterocycles. The van der Waals surface area contributed by atoms with Crippen LogP contribution in [0.3, 0.4) is 0 Å². The highest BCUT2D eigenvalue weighted by molar-refractivity contribution is 5.64. The van der Waals surface area contributed by atoms with Crippen molar-refractivity contribution in [1.29, 1.82) is 0 Å². The molecule has 0 heterocycles. The van der Waals surface area contributed by atoms with Gasteiger partial charge in [-0.15, -0.1) is 0 Å². The van der Waals surface area contributed by atoms with E-state index in [-0.39, 0.29) is 11.5 Å². The maximum Gasteiger partial charge on any atom is 0.387 e. The minimum atomic E-state index is -2.89. The maximum absolute atomic E-state index is 12.3. The second-order valence-corrected chi connectivity index (χ2v) is 3.45. The lowest BCUT2D eigenvalue weighted by Crippen LogP contribution is -2.05. The fourth-order valence-electron chi connectivity index (χ4n) is 1.35. The van der Waals surface area contributed by atoms with Crippen LogP contribution in [-0.2, 0) is 0 Å². The van der Waals surface area contributed by atoms with Crippen LogP contribution in [0, 0.1) is 0 Å². The lowest BCUT2D eigenvalue weighted by Gasteiger charge is -2.12. The Morgan fingerprint density at radius 3 is 2.71 bits per heavy atom. The summed E-state index contributed by atoms with van der Waals surface area (Å²) < 4.78 is 34.1. The van der Waals surface area contributed by atoms with E-state index >= 15 is 0 Å². The third-order valence-corrected chi connectivity index (χ3v) is 2.16. The van der Waals surface area contributed by atoms with Crippen molar-refractivity contribution in [2.24, 2.45) is 5.73 Å². The van der Waals surface area contributed by atoms with Crippen LogP contribution in [0.5, 0.6) is 11.5 Å². The number of ether oxygens (including phenoxy) is 2. The predicted octanol–water partition coefficient (Wildman–Crippen LogP) is 2.66. The van der Waals surface area contributed by atoms with Gasteiger partial charge in [-0.1, -0.05) is 23.8 Å². The van der Waals surface area contributed by atoms with Gasteiger partial charge >= 0.3 is 6.61 Å². The highest BCUT2D eigenvalue weighted by atomic mass is 19.3. The molecule has 3 nitrogen and oxygen atoms in total. The molecular weight excluding hydrogens is 228 g/mol. The molecule has 0 spiro atoms. The van der Waals surface area contributed by atoms with E-state index < -0.39 is 6.61 Å². The van der Waals surface area contributed by atoms with Gasteiger partial charge in [0.05, 0.1) is 7.11 Å². The van der Waals surface area contributed by atoms with Crippen molar-refractivity contribution >= 4 is 6.08 Å². The van der Waals surface area contributed by atoms with E-state index in [4.69, 9.17) is 10.5 Å². The molecule has 0 radical (unpaired) electrons. The molecule has 0 bridgehead atoms.